The molecule has 0 spiro atoms. The Balaban J connectivity index is 2.14. The maximum Gasteiger partial charge on any atom is 0.181 e. The number of nitrogens with zero attached hydrogens (tertiary/aromatic N) is 2. The lowest BCUT2D eigenvalue weighted by Crippen LogP contribution is -2.21. The van der Waals surface area contributed by atoms with Crippen LogP contribution >= 0.6 is 0 Å². The van der Waals surface area contributed by atoms with Gasteiger partial charge in [0.25, 0.3) is 0 Å². The molecule has 1 N–H and O–H groups in total. The van der Waals surface area contributed by atoms with Crippen LogP contribution in [0.1, 0.15) is 5.56 Å². The van der Waals surface area contributed by atoms with Gasteiger partial charge in [-0.05, 0) is 24.7 Å². The van der Waals surface area contributed by atoms with E-state index in [0.717, 1.165) is 23.2 Å². The number of aliphatic hydroxyl groups excluding tert-OH is 1. The quantitative estimate of drug-likeness (QED) is 0.818. The van der Waals surface area contributed by atoms with E-state index < -0.39 is 0 Å². The molecule has 0 aliphatic rings. The molecule has 2 rings (SSSR count). The van der Waals surface area contributed by atoms with E-state index in [-0.39, 0.29) is 6.61 Å². The Hall–Kier alpha value is -1.39. The molecule has 4 heteroatoms. The summed E-state index contributed by atoms with van der Waals surface area (Å²) in [6.07, 6.45) is 1.45. The molecule has 0 saturated heterocycles. The fourth-order valence-corrected chi connectivity index (χ4v) is 1.56. The number of likely N-dealkylation sites (N-methyl/N-ethyl adjacent to an activating group) is 1. The highest BCUT2D eigenvalue weighted by atomic mass is 16.3. The lowest BCUT2D eigenvalue weighted by atomic mass is 10.2. The summed E-state index contributed by atoms with van der Waals surface area (Å²) in [5.41, 5.74) is 2.85. The summed E-state index contributed by atoms with van der Waals surface area (Å²) in [4.78, 5) is 6.11. The van der Waals surface area contributed by atoms with E-state index in [1.807, 2.05) is 25.2 Å². The number of fused-ring (bicyclic) bond motifs is 1. The van der Waals surface area contributed by atoms with E-state index in [1.165, 1.54) is 6.39 Å². The van der Waals surface area contributed by atoms with Crippen LogP contribution in [0.5, 0.6) is 0 Å². The SMILES string of the molecule is CN(CCO)Cc1ccc2ncoc2c1. The Morgan fingerprint density at radius 2 is 2.33 bits per heavy atom. The first-order valence-corrected chi connectivity index (χ1v) is 4.91. The number of benzene rings is 1. The molecule has 0 amide bonds. The van der Waals surface area contributed by atoms with Crippen LogP contribution in [-0.4, -0.2) is 35.2 Å². The molecule has 0 unspecified atom stereocenters. The fourth-order valence-electron chi connectivity index (χ4n) is 1.56. The zero-order chi connectivity index (χ0) is 10.7. The minimum absolute atomic E-state index is 0.182. The van der Waals surface area contributed by atoms with Crippen molar-refractivity contribution >= 4 is 11.1 Å². The average molecular weight is 206 g/mol. The van der Waals surface area contributed by atoms with E-state index in [4.69, 9.17) is 9.52 Å². The summed E-state index contributed by atoms with van der Waals surface area (Å²) in [5.74, 6) is 0. The third-order valence-electron chi connectivity index (χ3n) is 2.33. The van der Waals surface area contributed by atoms with E-state index in [2.05, 4.69) is 9.88 Å². The predicted molar refractivity (Wildman–Crippen MR) is 57.4 cm³/mol. The zero-order valence-electron chi connectivity index (χ0n) is 8.68. The monoisotopic (exact) mass is 206 g/mol. The Morgan fingerprint density at radius 3 is 3.13 bits per heavy atom. The van der Waals surface area contributed by atoms with Gasteiger partial charge in [0.2, 0.25) is 0 Å². The van der Waals surface area contributed by atoms with Crippen molar-refractivity contribution in [1.82, 2.24) is 9.88 Å². The smallest absolute Gasteiger partial charge is 0.181 e. The van der Waals surface area contributed by atoms with Crippen molar-refractivity contribution in [2.24, 2.45) is 0 Å². The van der Waals surface area contributed by atoms with E-state index in [1.54, 1.807) is 0 Å². The lowest BCUT2D eigenvalue weighted by Gasteiger charge is -2.14. The highest BCUT2D eigenvalue weighted by Gasteiger charge is 2.02. The van der Waals surface area contributed by atoms with Crippen LogP contribution in [-0.2, 0) is 6.54 Å². The van der Waals surface area contributed by atoms with Crippen molar-refractivity contribution in [3.8, 4) is 0 Å². The molecule has 0 fully saturated rings. The van der Waals surface area contributed by atoms with Gasteiger partial charge >= 0.3 is 0 Å². The Bertz CT molecular complexity index is 439. The summed E-state index contributed by atoms with van der Waals surface area (Å²) in [6, 6.07) is 5.95. The molecule has 0 atom stereocenters. The highest BCUT2D eigenvalue weighted by molar-refractivity contribution is 5.72. The Kier molecular flexibility index (Phi) is 2.99. The second kappa shape index (κ2) is 4.42. The second-order valence-corrected chi connectivity index (χ2v) is 3.62. The first kappa shape index (κ1) is 10.1. The molecule has 80 valence electrons. The largest absolute Gasteiger partial charge is 0.443 e. The average Bonchev–Trinajstić information content (AvgIpc) is 2.65. The van der Waals surface area contributed by atoms with Crippen LogP contribution in [0.25, 0.3) is 11.1 Å². The van der Waals surface area contributed by atoms with Gasteiger partial charge in [-0.3, -0.25) is 4.90 Å². The third kappa shape index (κ3) is 2.34. The van der Waals surface area contributed by atoms with Crippen LogP contribution in [0.15, 0.2) is 29.0 Å². The van der Waals surface area contributed by atoms with Gasteiger partial charge in [-0.1, -0.05) is 6.07 Å². The van der Waals surface area contributed by atoms with E-state index >= 15 is 0 Å². The highest BCUT2D eigenvalue weighted by Crippen LogP contribution is 2.15. The first-order chi connectivity index (χ1) is 7.29. The van der Waals surface area contributed by atoms with Crippen LogP contribution in [0.4, 0.5) is 0 Å². The van der Waals surface area contributed by atoms with Crippen molar-refractivity contribution in [3.63, 3.8) is 0 Å². The van der Waals surface area contributed by atoms with Crippen molar-refractivity contribution in [2.75, 3.05) is 20.2 Å². The Morgan fingerprint density at radius 1 is 1.47 bits per heavy atom. The van der Waals surface area contributed by atoms with E-state index in [0.29, 0.717) is 6.54 Å². The molecular weight excluding hydrogens is 192 g/mol. The molecule has 0 saturated carbocycles. The summed E-state index contributed by atoms with van der Waals surface area (Å²) < 4.78 is 5.22. The number of oxazole rings is 1. The third-order valence-corrected chi connectivity index (χ3v) is 2.33. The van der Waals surface area contributed by atoms with Gasteiger partial charge in [-0.2, -0.15) is 0 Å². The molecule has 2 aromatic rings. The Labute approximate surface area is 88.1 Å². The molecule has 0 aliphatic heterocycles. The van der Waals surface area contributed by atoms with Crippen LogP contribution in [0, 0.1) is 0 Å². The second-order valence-electron chi connectivity index (χ2n) is 3.62. The van der Waals surface area contributed by atoms with Crippen LogP contribution in [0.2, 0.25) is 0 Å². The van der Waals surface area contributed by atoms with Gasteiger partial charge < -0.3 is 9.52 Å². The fraction of sp³-hybridized carbons (Fsp3) is 0.364. The maximum absolute atomic E-state index is 8.78. The molecule has 1 aromatic carbocycles. The number of hydrogen-bond donors (Lipinski definition) is 1. The molecule has 0 aliphatic carbocycles. The molecule has 0 bridgehead atoms. The van der Waals surface area contributed by atoms with Gasteiger partial charge in [-0.25, -0.2) is 4.98 Å². The van der Waals surface area contributed by atoms with Crippen molar-refractivity contribution in [2.45, 2.75) is 6.54 Å². The van der Waals surface area contributed by atoms with Gasteiger partial charge in [0.1, 0.15) is 5.52 Å². The van der Waals surface area contributed by atoms with Crippen molar-refractivity contribution in [3.05, 3.63) is 30.2 Å². The summed E-state index contributed by atoms with van der Waals surface area (Å²) >= 11 is 0. The van der Waals surface area contributed by atoms with Gasteiger partial charge in [0.15, 0.2) is 12.0 Å². The predicted octanol–water partition coefficient (Wildman–Crippen LogP) is 1.25. The lowest BCUT2D eigenvalue weighted by molar-refractivity contribution is 0.217. The van der Waals surface area contributed by atoms with E-state index in [9.17, 15) is 0 Å². The maximum atomic E-state index is 8.78. The summed E-state index contributed by atoms with van der Waals surface area (Å²) in [6.45, 7) is 1.66. The van der Waals surface area contributed by atoms with Gasteiger partial charge in [0, 0.05) is 13.1 Å². The molecule has 0 radical (unpaired) electrons. The standard InChI is InChI=1S/C11H14N2O2/c1-13(4-5-14)7-9-2-3-10-11(6-9)15-8-12-10/h2-3,6,8,14H,4-5,7H2,1H3. The van der Waals surface area contributed by atoms with Gasteiger partial charge in [-0.15, -0.1) is 0 Å². The van der Waals surface area contributed by atoms with Crippen molar-refractivity contribution in [1.29, 1.82) is 0 Å². The topological polar surface area (TPSA) is 49.5 Å². The molecule has 4 nitrogen and oxygen atoms in total. The number of aliphatic hydroxyl groups is 1. The number of rotatable bonds is 4. The zero-order valence-corrected chi connectivity index (χ0v) is 8.68. The minimum atomic E-state index is 0.182. The summed E-state index contributed by atoms with van der Waals surface area (Å²) in [7, 11) is 1.97. The first-order valence-electron chi connectivity index (χ1n) is 4.91. The van der Waals surface area contributed by atoms with Crippen LogP contribution in [0.3, 0.4) is 0 Å². The molecule has 1 heterocycles. The molecule has 1 aromatic heterocycles. The normalized spacial score (nSPS) is 11.4. The number of aromatic nitrogens is 1. The molecular formula is C11H14N2O2. The summed E-state index contributed by atoms with van der Waals surface area (Å²) in [5, 5.41) is 8.78. The minimum Gasteiger partial charge on any atom is -0.443 e. The van der Waals surface area contributed by atoms with Gasteiger partial charge in [0.05, 0.1) is 6.61 Å². The van der Waals surface area contributed by atoms with Crippen LogP contribution < -0.4 is 0 Å². The molecule has 15 heavy (non-hydrogen) atoms. The number of hydrogen-bond acceptors (Lipinski definition) is 4. The van der Waals surface area contributed by atoms with Crippen molar-refractivity contribution < 1.29 is 9.52 Å².